The van der Waals surface area contributed by atoms with Gasteiger partial charge < -0.3 is 4.74 Å². The van der Waals surface area contributed by atoms with E-state index >= 15 is 0 Å². The highest BCUT2D eigenvalue weighted by molar-refractivity contribution is 7.15. The molecule has 0 bridgehead atoms. The zero-order valence-electron chi connectivity index (χ0n) is 7.20. The Morgan fingerprint density at radius 2 is 2.31 bits per heavy atom. The Hall–Kier alpha value is -0.160. The fourth-order valence-corrected chi connectivity index (χ4v) is 2.36. The fraction of sp³-hybridized carbons (Fsp3) is 0.625. The molecule has 0 atom stereocenters. The van der Waals surface area contributed by atoms with Crippen molar-refractivity contribution < 1.29 is 4.74 Å². The van der Waals surface area contributed by atoms with Crippen molar-refractivity contribution in [3.8, 4) is 0 Å². The molecule has 1 saturated heterocycles. The summed E-state index contributed by atoms with van der Waals surface area (Å²) in [5, 5.41) is 0. The van der Waals surface area contributed by atoms with E-state index in [-0.39, 0.29) is 0 Å². The summed E-state index contributed by atoms with van der Waals surface area (Å²) in [7, 11) is 0. The van der Waals surface area contributed by atoms with Gasteiger partial charge in [0.05, 0.1) is 13.2 Å². The van der Waals surface area contributed by atoms with Gasteiger partial charge in [0.25, 0.3) is 0 Å². The molecule has 1 fully saturated rings. The molecule has 2 rings (SSSR count). The Labute approximate surface area is 86.3 Å². The van der Waals surface area contributed by atoms with Crippen molar-refractivity contribution in [3.05, 3.63) is 15.5 Å². The second-order valence-electron chi connectivity index (χ2n) is 2.97. The summed E-state index contributed by atoms with van der Waals surface area (Å²) in [6.07, 6.45) is 1.85. The lowest BCUT2D eigenvalue weighted by molar-refractivity contribution is 0.0346. The minimum atomic E-state index is 0.628. The maximum absolute atomic E-state index is 5.74. The van der Waals surface area contributed by atoms with Crippen LogP contribution in [0.5, 0.6) is 0 Å². The number of morpholine rings is 1. The van der Waals surface area contributed by atoms with Crippen LogP contribution in [0, 0.1) is 0 Å². The number of ether oxygens (including phenoxy) is 1. The zero-order chi connectivity index (χ0) is 9.10. The van der Waals surface area contributed by atoms with Crippen molar-refractivity contribution in [1.82, 2.24) is 9.88 Å². The molecule has 0 spiro atoms. The summed E-state index contributed by atoms with van der Waals surface area (Å²) in [6, 6.07) is 0. The molecule has 0 aliphatic carbocycles. The Morgan fingerprint density at radius 1 is 1.54 bits per heavy atom. The van der Waals surface area contributed by atoms with Gasteiger partial charge in [-0.2, -0.15) is 0 Å². The van der Waals surface area contributed by atoms with Gasteiger partial charge in [-0.1, -0.05) is 11.6 Å². The maximum Gasteiger partial charge on any atom is 0.183 e. The minimum Gasteiger partial charge on any atom is -0.379 e. The Bertz CT molecular complexity index is 273. The molecule has 0 aromatic carbocycles. The molecule has 0 unspecified atom stereocenters. The van der Waals surface area contributed by atoms with Gasteiger partial charge in [0, 0.05) is 30.7 Å². The van der Waals surface area contributed by atoms with Crippen LogP contribution in [0.25, 0.3) is 0 Å². The van der Waals surface area contributed by atoms with Gasteiger partial charge in [0.2, 0.25) is 0 Å². The van der Waals surface area contributed by atoms with Crippen molar-refractivity contribution >= 4 is 22.9 Å². The van der Waals surface area contributed by atoms with Gasteiger partial charge in [-0.05, 0) is 0 Å². The smallest absolute Gasteiger partial charge is 0.183 e. The Balaban J connectivity index is 1.89. The zero-order valence-corrected chi connectivity index (χ0v) is 8.77. The molecule has 0 radical (unpaired) electrons. The second kappa shape index (κ2) is 4.37. The van der Waals surface area contributed by atoms with E-state index in [1.807, 2.05) is 6.20 Å². The first-order valence-electron chi connectivity index (χ1n) is 4.25. The van der Waals surface area contributed by atoms with Crippen molar-refractivity contribution in [1.29, 1.82) is 0 Å². The van der Waals surface area contributed by atoms with Crippen molar-refractivity contribution in [3.63, 3.8) is 0 Å². The van der Waals surface area contributed by atoms with Crippen molar-refractivity contribution in [2.45, 2.75) is 6.54 Å². The van der Waals surface area contributed by atoms with E-state index in [1.54, 1.807) is 11.3 Å². The van der Waals surface area contributed by atoms with Gasteiger partial charge in [0.15, 0.2) is 4.47 Å². The second-order valence-corrected chi connectivity index (χ2v) is 4.67. The van der Waals surface area contributed by atoms with E-state index in [4.69, 9.17) is 16.3 Å². The topological polar surface area (TPSA) is 25.4 Å². The first kappa shape index (κ1) is 9.40. The van der Waals surface area contributed by atoms with E-state index in [2.05, 4.69) is 9.88 Å². The summed E-state index contributed by atoms with van der Waals surface area (Å²) in [4.78, 5) is 7.59. The molecule has 1 aliphatic rings. The molecule has 0 amide bonds. The highest BCUT2D eigenvalue weighted by Crippen LogP contribution is 2.19. The molecule has 0 saturated carbocycles. The molecule has 2 heterocycles. The van der Waals surface area contributed by atoms with Gasteiger partial charge in [-0.15, -0.1) is 11.3 Å². The number of rotatable bonds is 2. The lowest BCUT2D eigenvalue weighted by Crippen LogP contribution is -2.35. The molecule has 13 heavy (non-hydrogen) atoms. The summed E-state index contributed by atoms with van der Waals surface area (Å²) in [5.74, 6) is 0. The number of aromatic nitrogens is 1. The van der Waals surface area contributed by atoms with Crippen LogP contribution in [-0.2, 0) is 11.3 Å². The first-order valence-corrected chi connectivity index (χ1v) is 5.44. The van der Waals surface area contributed by atoms with E-state index < -0.39 is 0 Å². The monoisotopic (exact) mass is 218 g/mol. The Morgan fingerprint density at radius 3 is 2.92 bits per heavy atom. The molecular formula is C8H11ClN2OS. The average molecular weight is 219 g/mol. The van der Waals surface area contributed by atoms with E-state index in [0.29, 0.717) is 4.47 Å². The third-order valence-electron chi connectivity index (χ3n) is 2.01. The Kier molecular flexibility index (Phi) is 3.16. The van der Waals surface area contributed by atoms with Crippen LogP contribution in [0.4, 0.5) is 0 Å². The standard InChI is InChI=1S/C8H11ClN2OS/c9-8-10-5-7(13-8)6-11-1-3-12-4-2-11/h5H,1-4,6H2. The van der Waals surface area contributed by atoms with Crippen LogP contribution < -0.4 is 0 Å². The van der Waals surface area contributed by atoms with Gasteiger partial charge in [0.1, 0.15) is 0 Å². The van der Waals surface area contributed by atoms with Gasteiger partial charge >= 0.3 is 0 Å². The third-order valence-corrected chi connectivity index (χ3v) is 3.11. The van der Waals surface area contributed by atoms with Crippen LogP contribution in [0.2, 0.25) is 4.47 Å². The molecule has 5 heteroatoms. The summed E-state index contributed by atoms with van der Waals surface area (Å²) in [5.41, 5.74) is 0. The predicted molar refractivity (Wildman–Crippen MR) is 53.2 cm³/mol. The highest BCUT2D eigenvalue weighted by Gasteiger charge is 2.11. The van der Waals surface area contributed by atoms with Crippen LogP contribution in [0.15, 0.2) is 6.20 Å². The SMILES string of the molecule is Clc1ncc(CN2CCOCC2)s1. The summed E-state index contributed by atoms with van der Waals surface area (Å²) in [6.45, 7) is 4.65. The molecule has 72 valence electrons. The van der Waals surface area contributed by atoms with Crippen LogP contribution >= 0.6 is 22.9 Å². The highest BCUT2D eigenvalue weighted by atomic mass is 35.5. The summed E-state index contributed by atoms with van der Waals surface area (Å²) >= 11 is 7.30. The molecule has 0 N–H and O–H groups in total. The minimum absolute atomic E-state index is 0.628. The molecule has 1 aliphatic heterocycles. The molecule has 1 aromatic heterocycles. The summed E-state index contributed by atoms with van der Waals surface area (Å²) < 4.78 is 5.89. The molecular weight excluding hydrogens is 208 g/mol. The number of halogens is 1. The van der Waals surface area contributed by atoms with E-state index in [0.717, 1.165) is 32.8 Å². The normalized spacial score (nSPS) is 19.2. The lowest BCUT2D eigenvalue weighted by atomic mass is 10.4. The van der Waals surface area contributed by atoms with E-state index in [1.165, 1.54) is 4.88 Å². The first-order chi connectivity index (χ1) is 6.34. The van der Waals surface area contributed by atoms with Crippen molar-refractivity contribution in [2.24, 2.45) is 0 Å². The number of hydrogen-bond acceptors (Lipinski definition) is 4. The third kappa shape index (κ3) is 2.64. The predicted octanol–water partition coefficient (Wildman–Crippen LogP) is 1.63. The largest absolute Gasteiger partial charge is 0.379 e. The maximum atomic E-state index is 5.74. The van der Waals surface area contributed by atoms with Gasteiger partial charge in [-0.3, -0.25) is 4.90 Å². The van der Waals surface area contributed by atoms with Crippen LogP contribution in [-0.4, -0.2) is 36.2 Å². The quantitative estimate of drug-likeness (QED) is 0.755. The molecule has 1 aromatic rings. The average Bonchev–Trinajstić information content (AvgIpc) is 2.53. The number of nitrogens with zero attached hydrogens (tertiary/aromatic N) is 2. The van der Waals surface area contributed by atoms with E-state index in [9.17, 15) is 0 Å². The number of thiazole rings is 1. The molecule has 3 nitrogen and oxygen atoms in total. The van der Waals surface area contributed by atoms with Crippen LogP contribution in [0.3, 0.4) is 0 Å². The van der Waals surface area contributed by atoms with Gasteiger partial charge in [-0.25, -0.2) is 4.98 Å². The fourth-order valence-electron chi connectivity index (χ4n) is 1.34. The van der Waals surface area contributed by atoms with Crippen molar-refractivity contribution in [2.75, 3.05) is 26.3 Å². The number of hydrogen-bond donors (Lipinski definition) is 0. The van der Waals surface area contributed by atoms with Crippen LogP contribution in [0.1, 0.15) is 4.88 Å². The lowest BCUT2D eigenvalue weighted by Gasteiger charge is -2.25.